The molecule has 1 aliphatic heterocycles. The summed E-state index contributed by atoms with van der Waals surface area (Å²) in [6.45, 7) is 2.12. The van der Waals surface area contributed by atoms with Crippen LogP contribution in [-0.4, -0.2) is 36.7 Å². The van der Waals surface area contributed by atoms with Gasteiger partial charge in [-0.15, -0.1) is 11.8 Å². The van der Waals surface area contributed by atoms with E-state index in [1.165, 1.54) is 0 Å². The second-order valence-corrected chi connectivity index (χ2v) is 6.37. The van der Waals surface area contributed by atoms with Gasteiger partial charge in [0.1, 0.15) is 11.9 Å². The molecule has 4 heteroatoms. The number of ether oxygens (including phenoxy) is 1. The van der Waals surface area contributed by atoms with Crippen LogP contribution in [0.25, 0.3) is 0 Å². The zero-order valence-corrected chi connectivity index (χ0v) is 12.0. The molecule has 3 rings (SSSR count). The molecule has 1 saturated carbocycles. The summed E-state index contributed by atoms with van der Waals surface area (Å²) in [5.74, 6) is 2.20. The molecule has 1 aromatic rings. The number of fused-ring (bicyclic) bond motifs is 1. The molecule has 0 aromatic heterocycles. The van der Waals surface area contributed by atoms with Gasteiger partial charge in [-0.25, -0.2) is 0 Å². The van der Waals surface area contributed by atoms with Crippen molar-refractivity contribution in [3.63, 3.8) is 0 Å². The molecule has 2 N–H and O–H groups in total. The monoisotopic (exact) mass is 279 g/mol. The van der Waals surface area contributed by atoms with Gasteiger partial charge < -0.3 is 15.2 Å². The van der Waals surface area contributed by atoms with Crippen LogP contribution in [-0.2, 0) is 0 Å². The number of aliphatic hydroxyl groups is 1. The van der Waals surface area contributed by atoms with Crippen LogP contribution in [0.5, 0.6) is 5.75 Å². The Balaban J connectivity index is 1.72. The molecule has 104 valence electrons. The Bertz CT molecular complexity index is 440. The molecular formula is C15H21NO2S. The maximum absolute atomic E-state index is 10.3. The summed E-state index contributed by atoms with van der Waals surface area (Å²) in [7, 11) is 0. The van der Waals surface area contributed by atoms with Gasteiger partial charge >= 0.3 is 0 Å². The standard InChI is InChI=1S/C15H21NO2S/c1-19-15-5-3-2-4-13(15)18-14-7-11-9-16-8-10(11)6-12(14)17/h2-5,10-12,14,16-17H,6-9H2,1H3/t10-,11+,12+,14+/m0/s1. The Morgan fingerprint density at radius 2 is 1.95 bits per heavy atom. The maximum atomic E-state index is 10.3. The number of rotatable bonds is 3. The van der Waals surface area contributed by atoms with Gasteiger partial charge in [-0.1, -0.05) is 12.1 Å². The average Bonchev–Trinajstić information content (AvgIpc) is 2.87. The number of benzene rings is 1. The highest BCUT2D eigenvalue weighted by Gasteiger charge is 2.39. The summed E-state index contributed by atoms with van der Waals surface area (Å²) in [6.07, 6.45) is 3.48. The van der Waals surface area contributed by atoms with Gasteiger partial charge in [0, 0.05) is 4.90 Å². The smallest absolute Gasteiger partial charge is 0.133 e. The lowest BCUT2D eigenvalue weighted by Crippen LogP contribution is -2.42. The van der Waals surface area contributed by atoms with E-state index in [1.807, 2.05) is 18.2 Å². The van der Waals surface area contributed by atoms with Crippen LogP contribution in [0.3, 0.4) is 0 Å². The van der Waals surface area contributed by atoms with Crippen molar-refractivity contribution in [2.24, 2.45) is 11.8 Å². The molecule has 4 atom stereocenters. The molecule has 3 nitrogen and oxygen atoms in total. The van der Waals surface area contributed by atoms with Crippen molar-refractivity contribution in [1.29, 1.82) is 0 Å². The minimum absolute atomic E-state index is 0.0607. The largest absolute Gasteiger partial charge is 0.487 e. The van der Waals surface area contributed by atoms with E-state index in [0.29, 0.717) is 11.8 Å². The van der Waals surface area contributed by atoms with Crippen LogP contribution >= 0.6 is 11.8 Å². The molecule has 1 aromatic carbocycles. The summed E-state index contributed by atoms with van der Waals surface area (Å²) >= 11 is 1.69. The van der Waals surface area contributed by atoms with Gasteiger partial charge in [0.25, 0.3) is 0 Å². The SMILES string of the molecule is CSc1ccccc1O[C@@H]1C[C@@H]2CNC[C@@H]2C[C@H]1O. The maximum Gasteiger partial charge on any atom is 0.133 e. The van der Waals surface area contributed by atoms with E-state index in [-0.39, 0.29) is 12.2 Å². The van der Waals surface area contributed by atoms with Gasteiger partial charge in [0.05, 0.1) is 6.10 Å². The highest BCUT2D eigenvalue weighted by atomic mass is 32.2. The summed E-state index contributed by atoms with van der Waals surface area (Å²) in [6, 6.07) is 8.07. The van der Waals surface area contributed by atoms with E-state index >= 15 is 0 Å². The fraction of sp³-hybridized carbons (Fsp3) is 0.600. The van der Waals surface area contributed by atoms with Gasteiger partial charge in [-0.05, 0) is 56.2 Å². The van der Waals surface area contributed by atoms with E-state index in [9.17, 15) is 5.11 Å². The zero-order valence-electron chi connectivity index (χ0n) is 11.2. The van der Waals surface area contributed by atoms with Crippen LogP contribution in [0.1, 0.15) is 12.8 Å². The Kier molecular flexibility index (Phi) is 4.01. The quantitative estimate of drug-likeness (QED) is 0.832. The third-order valence-corrected chi connectivity index (χ3v) is 5.11. The lowest BCUT2D eigenvalue weighted by molar-refractivity contribution is -0.0243. The second kappa shape index (κ2) is 5.73. The zero-order chi connectivity index (χ0) is 13.2. The van der Waals surface area contributed by atoms with Crippen molar-refractivity contribution in [1.82, 2.24) is 5.32 Å². The normalized spacial score (nSPS) is 34.0. The molecule has 1 aliphatic carbocycles. The molecule has 2 fully saturated rings. The molecule has 0 spiro atoms. The lowest BCUT2D eigenvalue weighted by Gasteiger charge is -2.35. The van der Waals surface area contributed by atoms with Gasteiger partial charge in [0.2, 0.25) is 0 Å². The summed E-state index contributed by atoms with van der Waals surface area (Å²) in [5, 5.41) is 13.7. The molecule has 0 bridgehead atoms. The molecule has 1 heterocycles. The first-order valence-corrected chi connectivity index (χ1v) is 8.19. The number of hydrogen-bond donors (Lipinski definition) is 2. The van der Waals surface area contributed by atoms with Crippen LogP contribution < -0.4 is 10.1 Å². The number of para-hydroxylation sites is 1. The van der Waals surface area contributed by atoms with Crippen molar-refractivity contribution in [3.8, 4) is 5.75 Å². The average molecular weight is 279 g/mol. The van der Waals surface area contributed by atoms with Crippen molar-refractivity contribution in [3.05, 3.63) is 24.3 Å². The Morgan fingerprint density at radius 3 is 2.74 bits per heavy atom. The van der Waals surface area contributed by atoms with Crippen molar-refractivity contribution < 1.29 is 9.84 Å². The van der Waals surface area contributed by atoms with E-state index in [1.54, 1.807) is 11.8 Å². The Hall–Kier alpha value is -0.710. The van der Waals surface area contributed by atoms with E-state index < -0.39 is 0 Å². The second-order valence-electron chi connectivity index (χ2n) is 5.52. The third-order valence-electron chi connectivity index (χ3n) is 4.34. The molecule has 0 radical (unpaired) electrons. The summed E-state index contributed by atoms with van der Waals surface area (Å²) in [4.78, 5) is 1.14. The number of thioether (sulfide) groups is 1. The van der Waals surface area contributed by atoms with Crippen molar-refractivity contribution in [2.75, 3.05) is 19.3 Å². The third kappa shape index (κ3) is 2.76. The Labute approximate surface area is 118 Å². The molecule has 2 aliphatic rings. The van der Waals surface area contributed by atoms with Crippen LogP contribution in [0.4, 0.5) is 0 Å². The number of hydrogen-bond acceptors (Lipinski definition) is 4. The molecule has 19 heavy (non-hydrogen) atoms. The number of nitrogens with one attached hydrogen (secondary N) is 1. The minimum Gasteiger partial charge on any atom is -0.487 e. The fourth-order valence-electron chi connectivity index (χ4n) is 3.26. The van der Waals surface area contributed by atoms with Gasteiger partial charge in [-0.2, -0.15) is 0 Å². The predicted octanol–water partition coefficient (Wildman–Crippen LogP) is 2.15. The molecule has 1 saturated heterocycles. The molecule has 0 unspecified atom stereocenters. The molecule has 0 amide bonds. The first-order valence-electron chi connectivity index (χ1n) is 6.96. The first kappa shape index (κ1) is 13.3. The summed E-state index contributed by atoms with van der Waals surface area (Å²) in [5.41, 5.74) is 0. The van der Waals surface area contributed by atoms with Crippen molar-refractivity contribution in [2.45, 2.75) is 29.9 Å². The van der Waals surface area contributed by atoms with E-state index in [4.69, 9.17) is 4.74 Å². The number of aliphatic hydroxyl groups excluding tert-OH is 1. The molecular weight excluding hydrogens is 258 g/mol. The fourth-order valence-corrected chi connectivity index (χ4v) is 3.79. The summed E-state index contributed by atoms with van der Waals surface area (Å²) < 4.78 is 6.10. The van der Waals surface area contributed by atoms with Crippen LogP contribution in [0.15, 0.2) is 29.2 Å². The lowest BCUT2D eigenvalue weighted by atomic mass is 9.78. The van der Waals surface area contributed by atoms with Crippen LogP contribution in [0.2, 0.25) is 0 Å². The Morgan fingerprint density at radius 1 is 1.21 bits per heavy atom. The first-order chi connectivity index (χ1) is 9.28. The predicted molar refractivity (Wildman–Crippen MR) is 77.7 cm³/mol. The van der Waals surface area contributed by atoms with Gasteiger partial charge in [0.15, 0.2) is 0 Å². The van der Waals surface area contributed by atoms with Gasteiger partial charge in [-0.3, -0.25) is 0 Å². The topological polar surface area (TPSA) is 41.5 Å². The highest BCUT2D eigenvalue weighted by molar-refractivity contribution is 7.98. The van der Waals surface area contributed by atoms with E-state index in [0.717, 1.165) is 36.6 Å². The highest BCUT2D eigenvalue weighted by Crippen LogP contribution is 2.36. The van der Waals surface area contributed by atoms with Crippen LogP contribution in [0, 0.1) is 11.8 Å². The van der Waals surface area contributed by atoms with E-state index in [2.05, 4.69) is 17.6 Å². The van der Waals surface area contributed by atoms with Crippen molar-refractivity contribution >= 4 is 11.8 Å². The minimum atomic E-state index is -0.337.